The van der Waals surface area contributed by atoms with E-state index in [1.807, 2.05) is 0 Å². The van der Waals surface area contributed by atoms with Crippen LogP contribution in [-0.4, -0.2) is 30.1 Å². The first-order valence-electron chi connectivity index (χ1n) is 7.68. The van der Waals surface area contributed by atoms with Crippen LogP contribution in [0.1, 0.15) is 58.8 Å². The summed E-state index contributed by atoms with van der Waals surface area (Å²) in [4.78, 5) is 2.77. The van der Waals surface area contributed by atoms with Crippen LogP contribution in [0.15, 0.2) is 0 Å². The fourth-order valence-electron chi connectivity index (χ4n) is 3.87. The van der Waals surface area contributed by atoms with E-state index in [2.05, 4.69) is 18.7 Å². The van der Waals surface area contributed by atoms with Crippen LogP contribution >= 0.6 is 0 Å². The Morgan fingerprint density at radius 1 is 0.941 bits per heavy atom. The fourth-order valence-corrected chi connectivity index (χ4v) is 3.87. The van der Waals surface area contributed by atoms with Crippen molar-refractivity contribution in [2.75, 3.05) is 13.1 Å². The SMILES string of the molecule is CC1CCC(N(CCN)C2CCCC2)CC1C. The third-order valence-electron chi connectivity index (χ3n) is 5.22. The maximum absolute atomic E-state index is 5.82. The van der Waals surface area contributed by atoms with Gasteiger partial charge in [-0.1, -0.05) is 26.7 Å². The van der Waals surface area contributed by atoms with Crippen molar-refractivity contribution in [1.82, 2.24) is 4.90 Å². The molecule has 0 spiro atoms. The molecule has 2 rings (SSSR count). The molecule has 2 heteroatoms. The minimum Gasteiger partial charge on any atom is -0.329 e. The molecule has 2 saturated carbocycles. The molecule has 2 aliphatic rings. The zero-order chi connectivity index (χ0) is 12.3. The lowest BCUT2D eigenvalue weighted by Crippen LogP contribution is -2.47. The summed E-state index contributed by atoms with van der Waals surface area (Å²) in [5.41, 5.74) is 5.82. The molecule has 2 aliphatic carbocycles. The van der Waals surface area contributed by atoms with Gasteiger partial charge in [0, 0.05) is 25.2 Å². The average Bonchev–Trinajstić information content (AvgIpc) is 2.83. The van der Waals surface area contributed by atoms with Crippen LogP contribution in [0.2, 0.25) is 0 Å². The summed E-state index contributed by atoms with van der Waals surface area (Å²) in [5, 5.41) is 0. The van der Waals surface area contributed by atoms with Crippen molar-refractivity contribution in [2.24, 2.45) is 17.6 Å². The van der Waals surface area contributed by atoms with E-state index in [9.17, 15) is 0 Å². The lowest BCUT2D eigenvalue weighted by molar-refractivity contribution is 0.0755. The maximum atomic E-state index is 5.82. The van der Waals surface area contributed by atoms with E-state index in [0.717, 1.165) is 37.0 Å². The Morgan fingerprint density at radius 3 is 2.24 bits per heavy atom. The number of hydrogen-bond acceptors (Lipinski definition) is 2. The van der Waals surface area contributed by atoms with E-state index in [0.29, 0.717) is 0 Å². The molecule has 2 nitrogen and oxygen atoms in total. The summed E-state index contributed by atoms with van der Waals surface area (Å²) >= 11 is 0. The van der Waals surface area contributed by atoms with Crippen molar-refractivity contribution in [2.45, 2.75) is 70.9 Å². The Labute approximate surface area is 107 Å². The molecular formula is C15H30N2. The van der Waals surface area contributed by atoms with Gasteiger partial charge in [0.05, 0.1) is 0 Å². The Balaban J connectivity index is 1.95. The third-order valence-corrected chi connectivity index (χ3v) is 5.22. The van der Waals surface area contributed by atoms with Crippen molar-refractivity contribution in [3.8, 4) is 0 Å². The van der Waals surface area contributed by atoms with E-state index in [1.54, 1.807) is 0 Å². The molecule has 0 aromatic carbocycles. The monoisotopic (exact) mass is 238 g/mol. The Bertz CT molecular complexity index is 223. The topological polar surface area (TPSA) is 29.3 Å². The van der Waals surface area contributed by atoms with Gasteiger partial charge in [-0.25, -0.2) is 0 Å². The second kappa shape index (κ2) is 6.19. The van der Waals surface area contributed by atoms with Crippen LogP contribution in [0.3, 0.4) is 0 Å². The molecule has 0 radical (unpaired) electrons. The second-order valence-electron chi connectivity index (χ2n) is 6.39. The summed E-state index contributed by atoms with van der Waals surface area (Å²) in [6.07, 6.45) is 9.93. The smallest absolute Gasteiger partial charge is 0.0110 e. The van der Waals surface area contributed by atoms with Crippen molar-refractivity contribution < 1.29 is 0 Å². The molecular weight excluding hydrogens is 208 g/mol. The second-order valence-corrected chi connectivity index (χ2v) is 6.39. The first-order valence-corrected chi connectivity index (χ1v) is 7.68. The molecule has 0 heterocycles. The standard InChI is InChI=1S/C15H30N2/c1-12-7-8-15(11-13(12)2)17(10-9-16)14-5-3-4-6-14/h12-15H,3-11,16H2,1-2H3. The number of nitrogens with two attached hydrogens (primary N) is 1. The molecule has 3 unspecified atom stereocenters. The van der Waals surface area contributed by atoms with Crippen LogP contribution < -0.4 is 5.73 Å². The number of nitrogens with zero attached hydrogens (tertiary/aromatic N) is 1. The molecule has 17 heavy (non-hydrogen) atoms. The van der Waals surface area contributed by atoms with Gasteiger partial charge < -0.3 is 5.73 Å². The van der Waals surface area contributed by atoms with Crippen LogP contribution in [0.4, 0.5) is 0 Å². The number of rotatable bonds is 4. The highest BCUT2D eigenvalue weighted by atomic mass is 15.2. The Morgan fingerprint density at radius 2 is 1.65 bits per heavy atom. The predicted octanol–water partition coefficient (Wildman–Crippen LogP) is 3.01. The first kappa shape index (κ1) is 13.4. The summed E-state index contributed by atoms with van der Waals surface area (Å²) in [5.74, 6) is 1.82. The normalized spacial score (nSPS) is 35.6. The summed E-state index contributed by atoms with van der Waals surface area (Å²) in [6, 6.07) is 1.68. The van der Waals surface area contributed by atoms with Gasteiger partial charge in [0.15, 0.2) is 0 Å². The minimum atomic E-state index is 0.827. The number of hydrogen-bond donors (Lipinski definition) is 1. The highest BCUT2D eigenvalue weighted by Gasteiger charge is 2.32. The van der Waals surface area contributed by atoms with Crippen LogP contribution in [0, 0.1) is 11.8 Å². The van der Waals surface area contributed by atoms with Crippen molar-refractivity contribution >= 4 is 0 Å². The van der Waals surface area contributed by atoms with Gasteiger partial charge in [0.25, 0.3) is 0 Å². The van der Waals surface area contributed by atoms with E-state index < -0.39 is 0 Å². The molecule has 0 amide bonds. The lowest BCUT2D eigenvalue weighted by atomic mass is 9.78. The molecule has 0 aromatic rings. The molecule has 0 aliphatic heterocycles. The maximum Gasteiger partial charge on any atom is 0.0110 e. The highest BCUT2D eigenvalue weighted by Crippen LogP contribution is 2.35. The molecule has 0 bridgehead atoms. The van der Waals surface area contributed by atoms with Crippen LogP contribution in [-0.2, 0) is 0 Å². The van der Waals surface area contributed by atoms with E-state index in [1.165, 1.54) is 44.9 Å². The van der Waals surface area contributed by atoms with Crippen LogP contribution in [0.5, 0.6) is 0 Å². The largest absolute Gasteiger partial charge is 0.329 e. The van der Waals surface area contributed by atoms with E-state index in [4.69, 9.17) is 5.73 Å². The zero-order valence-electron chi connectivity index (χ0n) is 11.7. The first-order chi connectivity index (χ1) is 8.22. The van der Waals surface area contributed by atoms with Gasteiger partial charge in [0.2, 0.25) is 0 Å². The Kier molecular flexibility index (Phi) is 4.87. The van der Waals surface area contributed by atoms with Crippen molar-refractivity contribution in [1.29, 1.82) is 0 Å². The molecule has 2 fully saturated rings. The van der Waals surface area contributed by atoms with Crippen molar-refractivity contribution in [3.05, 3.63) is 0 Å². The lowest BCUT2D eigenvalue weighted by Gasteiger charge is -2.42. The van der Waals surface area contributed by atoms with E-state index >= 15 is 0 Å². The van der Waals surface area contributed by atoms with Gasteiger partial charge in [-0.3, -0.25) is 4.90 Å². The summed E-state index contributed by atoms with van der Waals surface area (Å²) < 4.78 is 0. The van der Waals surface area contributed by atoms with Crippen molar-refractivity contribution in [3.63, 3.8) is 0 Å². The van der Waals surface area contributed by atoms with Gasteiger partial charge >= 0.3 is 0 Å². The van der Waals surface area contributed by atoms with Crippen LogP contribution in [0.25, 0.3) is 0 Å². The van der Waals surface area contributed by atoms with Gasteiger partial charge in [0.1, 0.15) is 0 Å². The summed E-state index contributed by atoms with van der Waals surface area (Å²) in [7, 11) is 0. The predicted molar refractivity (Wildman–Crippen MR) is 74.0 cm³/mol. The molecule has 0 saturated heterocycles. The molecule has 2 N–H and O–H groups in total. The third kappa shape index (κ3) is 3.23. The highest BCUT2D eigenvalue weighted by molar-refractivity contribution is 4.87. The zero-order valence-corrected chi connectivity index (χ0v) is 11.7. The van der Waals surface area contributed by atoms with Gasteiger partial charge in [-0.2, -0.15) is 0 Å². The van der Waals surface area contributed by atoms with Gasteiger partial charge in [-0.05, 0) is 43.9 Å². The quantitative estimate of drug-likeness (QED) is 0.816. The van der Waals surface area contributed by atoms with Gasteiger partial charge in [-0.15, -0.1) is 0 Å². The molecule has 0 aromatic heterocycles. The minimum absolute atomic E-state index is 0.827. The Hall–Kier alpha value is -0.0800. The van der Waals surface area contributed by atoms with E-state index in [-0.39, 0.29) is 0 Å². The molecule has 3 atom stereocenters. The molecule has 100 valence electrons. The fraction of sp³-hybridized carbons (Fsp3) is 1.00. The average molecular weight is 238 g/mol. The summed E-state index contributed by atoms with van der Waals surface area (Å²) in [6.45, 7) is 6.81.